The molecule has 142 valence electrons. The lowest BCUT2D eigenvalue weighted by Gasteiger charge is -2.09. The fourth-order valence-electron chi connectivity index (χ4n) is 2.79. The molecule has 3 aromatic heterocycles. The number of nitrogens with one attached hydrogen (secondary N) is 1. The van der Waals surface area contributed by atoms with Crippen molar-refractivity contribution in [1.29, 1.82) is 0 Å². The van der Waals surface area contributed by atoms with Crippen LogP contribution in [0.15, 0.2) is 42.9 Å². The van der Waals surface area contributed by atoms with Gasteiger partial charge in [0.05, 0.1) is 29.6 Å². The van der Waals surface area contributed by atoms with Crippen molar-refractivity contribution in [2.45, 2.75) is 13.8 Å². The van der Waals surface area contributed by atoms with Gasteiger partial charge >= 0.3 is 6.09 Å². The Bertz CT molecular complexity index is 1150. The van der Waals surface area contributed by atoms with Crippen LogP contribution in [-0.2, 0) is 4.74 Å². The minimum atomic E-state index is -0.587. The molecule has 9 nitrogen and oxygen atoms in total. The van der Waals surface area contributed by atoms with Crippen LogP contribution in [0.25, 0.3) is 22.5 Å². The average molecular weight is 381 g/mol. The van der Waals surface area contributed by atoms with E-state index in [2.05, 4.69) is 25.5 Å². The van der Waals surface area contributed by atoms with Gasteiger partial charge in [0.25, 0.3) is 0 Å². The standard InChI is InChI=1S/C18H16FN7O2/c1-3-28-18(27)23-15-8-11(2)24-26(15)17-14-9-22-25(16(14)20-10-21-17)13-6-4-12(19)5-7-13/h4-10H,3H2,1-2H3,(H,23,27). The first-order valence-corrected chi connectivity index (χ1v) is 8.52. The maximum atomic E-state index is 13.2. The lowest BCUT2D eigenvalue weighted by molar-refractivity contribution is 0.167. The molecule has 0 aliphatic heterocycles. The predicted octanol–water partition coefficient (Wildman–Crippen LogP) is 3.02. The summed E-state index contributed by atoms with van der Waals surface area (Å²) in [6.07, 6.45) is 2.39. The van der Waals surface area contributed by atoms with Gasteiger partial charge in [-0.15, -0.1) is 0 Å². The van der Waals surface area contributed by atoms with Crippen molar-refractivity contribution in [1.82, 2.24) is 29.5 Å². The van der Waals surface area contributed by atoms with Crippen LogP contribution in [0.5, 0.6) is 0 Å². The fraction of sp³-hybridized carbons (Fsp3) is 0.167. The Morgan fingerprint density at radius 3 is 2.75 bits per heavy atom. The Morgan fingerprint density at radius 2 is 2.00 bits per heavy atom. The third kappa shape index (κ3) is 3.15. The van der Waals surface area contributed by atoms with Gasteiger partial charge in [0, 0.05) is 6.07 Å². The quantitative estimate of drug-likeness (QED) is 0.583. The number of benzene rings is 1. The van der Waals surface area contributed by atoms with Crippen LogP contribution in [0.4, 0.5) is 15.0 Å². The molecule has 28 heavy (non-hydrogen) atoms. The second-order valence-electron chi connectivity index (χ2n) is 5.90. The van der Waals surface area contributed by atoms with Gasteiger partial charge in [0.1, 0.15) is 18.0 Å². The van der Waals surface area contributed by atoms with Crippen LogP contribution in [-0.4, -0.2) is 42.2 Å². The normalized spacial score (nSPS) is 11.0. The molecule has 0 aliphatic rings. The van der Waals surface area contributed by atoms with Gasteiger partial charge in [-0.05, 0) is 38.1 Å². The zero-order valence-electron chi connectivity index (χ0n) is 15.1. The number of nitrogens with zero attached hydrogens (tertiary/aromatic N) is 6. The molecule has 0 aliphatic carbocycles. The van der Waals surface area contributed by atoms with Gasteiger partial charge in [-0.3, -0.25) is 5.32 Å². The van der Waals surface area contributed by atoms with Crippen LogP contribution < -0.4 is 5.32 Å². The molecule has 1 amide bonds. The number of fused-ring (bicyclic) bond motifs is 1. The van der Waals surface area contributed by atoms with E-state index in [1.54, 1.807) is 42.9 Å². The molecule has 0 saturated carbocycles. The molecule has 0 radical (unpaired) electrons. The molecule has 4 aromatic rings. The van der Waals surface area contributed by atoms with E-state index in [1.807, 2.05) is 0 Å². The Morgan fingerprint density at radius 1 is 1.21 bits per heavy atom. The molecular weight excluding hydrogens is 365 g/mol. The van der Waals surface area contributed by atoms with E-state index < -0.39 is 6.09 Å². The molecule has 0 fully saturated rings. The SMILES string of the molecule is CCOC(=O)Nc1cc(C)nn1-c1ncnc2c1cnn2-c1ccc(F)cc1. The van der Waals surface area contributed by atoms with Crippen molar-refractivity contribution < 1.29 is 13.9 Å². The second kappa shape index (κ2) is 7.06. The molecule has 1 aromatic carbocycles. The van der Waals surface area contributed by atoms with E-state index in [1.165, 1.54) is 23.1 Å². The minimum absolute atomic E-state index is 0.251. The second-order valence-corrected chi connectivity index (χ2v) is 5.90. The number of hydrogen-bond donors (Lipinski definition) is 1. The van der Waals surface area contributed by atoms with E-state index in [-0.39, 0.29) is 12.4 Å². The lowest BCUT2D eigenvalue weighted by Crippen LogP contribution is -2.16. The summed E-state index contributed by atoms with van der Waals surface area (Å²) >= 11 is 0. The molecule has 0 saturated heterocycles. The van der Waals surface area contributed by atoms with Crippen molar-refractivity contribution in [3.8, 4) is 11.5 Å². The zero-order valence-corrected chi connectivity index (χ0v) is 15.1. The summed E-state index contributed by atoms with van der Waals surface area (Å²) in [6, 6.07) is 7.62. The molecule has 3 heterocycles. The van der Waals surface area contributed by atoms with E-state index in [9.17, 15) is 9.18 Å². The molecule has 4 rings (SSSR count). The Balaban J connectivity index is 1.81. The monoisotopic (exact) mass is 381 g/mol. The van der Waals surface area contributed by atoms with Crippen LogP contribution in [0.2, 0.25) is 0 Å². The van der Waals surface area contributed by atoms with E-state index >= 15 is 0 Å². The minimum Gasteiger partial charge on any atom is -0.450 e. The first-order valence-electron chi connectivity index (χ1n) is 8.52. The van der Waals surface area contributed by atoms with Gasteiger partial charge in [-0.25, -0.2) is 23.8 Å². The molecule has 1 N–H and O–H groups in total. The van der Waals surface area contributed by atoms with E-state index in [0.717, 1.165) is 0 Å². The fourth-order valence-corrected chi connectivity index (χ4v) is 2.79. The smallest absolute Gasteiger partial charge is 0.412 e. The highest BCUT2D eigenvalue weighted by Crippen LogP contribution is 2.24. The third-order valence-corrected chi connectivity index (χ3v) is 3.95. The molecule has 0 unspecified atom stereocenters. The number of ether oxygens (including phenoxy) is 1. The maximum absolute atomic E-state index is 13.2. The van der Waals surface area contributed by atoms with Gasteiger partial charge in [0.15, 0.2) is 11.5 Å². The highest BCUT2D eigenvalue weighted by molar-refractivity contribution is 5.87. The Labute approximate surface area is 158 Å². The number of carbonyl (C=O) groups is 1. The summed E-state index contributed by atoms with van der Waals surface area (Å²) in [4.78, 5) is 20.4. The van der Waals surface area contributed by atoms with Crippen molar-refractivity contribution in [2.24, 2.45) is 0 Å². The molecule has 0 spiro atoms. The van der Waals surface area contributed by atoms with Gasteiger partial charge in [-0.2, -0.15) is 14.9 Å². The van der Waals surface area contributed by atoms with Crippen molar-refractivity contribution >= 4 is 22.9 Å². The first kappa shape index (κ1) is 17.6. The Kier molecular flexibility index (Phi) is 4.44. The topological polar surface area (TPSA) is 99.8 Å². The highest BCUT2D eigenvalue weighted by atomic mass is 19.1. The van der Waals surface area contributed by atoms with E-state index in [0.29, 0.717) is 34.1 Å². The van der Waals surface area contributed by atoms with Crippen molar-refractivity contribution in [2.75, 3.05) is 11.9 Å². The predicted molar refractivity (Wildman–Crippen MR) is 99.1 cm³/mol. The molecule has 10 heteroatoms. The van der Waals surface area contributed by atoms with Crippen LogP contribution in [0.1, 0.15) is 12.6 Å². The number of carbonyl (C=O) groups excluding carboxylic acids is 1. The summed E-state index contributed by atoms with van der Waals surface area (Å²) in [5.41, 5.74) is 1.86. The molecule has 0 atom stereocenters. The summed E-state index contributed by atoms with van der Waals surface area (Å²) in [7, 11) is 0. The maximum Gasteiger partial charge on any atom is 0.412 e. The number of hydrogen-bond acceptors (Lipinski definition) is 6. The zero-order chi connectivity index (χ0) is 19.7. The number of amides is 1. The summed E-state index contributed by atoms with van der Waals surface area (Å²) in [5, 5.41) is 12.0. The number of aromatic nitrogens is 6. The lowest BCUT2D eigenvalue weighted by atomic mass is 10.3. The average Bonchev–Trinajstić information content (AvgIpc) is 3.26. The number of anilines is 1. The summed E-state index contributed by atoms with van der Waals surface area (Å²) < 4.78 is 21.2. The first-order chi connectivity index (χ1) is 13.6. The largest absolute Gasteiger partial charge is 0.450 e. The third-order valence-electron chi connectivity index (χ3n) is 3.95. The van der Waals surface area contributed by atoms with Crippen LogP contribution >= 0.6 is 0 Å². The van der Waals surface area contributed by atoms with Crippen molar-refractivity contribution in [3.63, 3.8) is 0 Å². The number of aryl methyl sites for hydroxylation is 1. The molecule has 0 bridgehead atoms. The number of halogens is 1. The number of rotatable bonds is 4. The van der Waals surface area contributed by atoms with Gasteiger partial charge < -0.3 is 4.74 Å². The van der Waals surface area contributed by atoms with Crippen LogP contribution in [0, 0.1) is 12.7 Å². The van der Waals surface area contributed by atoms with Gasteiger partial charge in [0.2, 0.25) is 0 Å². The summed E-state index contributed by atoms with van der Waals surface area (Å²) in [6.45, 7) is 3.77. The van der Waals surface area contributed by atoms with Gasteiger partial charge in [-0.1, -0.05) is 0 Å². The van der Waals surface area contributed by atoms with Crippen molar-refractivity contribution in [3.05, 3.63) is 54.4 Å². The highest BCUT2D eigenvalue weighted by Gasteiger charge is 2.17. The summed E-state index contributed by atoms with van der Waals surface area (Å²) in [5.74, 6) is 0.515. The van der Waals surface area contributed by atoms with Crippen LogP contribution in [0.3, 0.4) is 0 Å². The Hall–Kier alpha value is -3.82. The molecular formula is C18H16FN7O2. The van der Waals surface area contributed by atoms with E-state index in [4.69, 9.17) is 4.74 Å².